The highest BCUT2D eigenvalue weighted by atomic mass is 16.5. The molecule has 108 valence electrons. The molecule has 3 atom stereocenters. The number of benzene rings is 1. The highest BCUT2D eigenvalue weighted by Crippen LogP contribution is 2.34. The van der Waals surface area contributed by atoms with E-state index in [0.717, 1.165) is 24.3 Å². The van der Waals surface area contributed by atoms with Crippen molar-refractivity contribution < 1.29 is 9.53 Å². The lowest BCUT2D eigenvalue weighted by molar-refractivity contribution is -0.120. The van der Waals surface area contributed by atoms with E-state index >= 15 is 0 Å². The number of rotatable bonds is 4. The van der Waals surface area contributed by atoms with Gasteiger partial charge in [-0.1, -0.05) is 0 Å². The van der Waals surface area contributed by atoms with Gasteiger partial charge in [0, 0.05) is 17.8 Å². The Morgan fingerprint density at radius 2 is 2.05 bits per heavy atom. The van der Waals surface area contributed by atoms with Gasteiger partial charge in [0.05, 0.1) is 12.0 Å². The number of hydrogen-bond donors (Lipinski definition) is 2. The van der Waals surface area contributed by atoms with Crippen LogP contribution >= 0.6 is 0 Å². The predicted octanol–water partition coefficient (Wildman–Crippen LogP) is 2.55. The smallest absolute Gasteiger partial charge is 0.229 e. The summed E-state index contributed by atoms with van der Waals surface area (Å²) in [6.07, 6.45) is 3.49. The van der Waals surface area contributed by atoms with Crippen molar-refractivity contribution >= 4 is 11.6 Å². The summed E-state index contributed by atoms with van der Waals surface area (Å²) in [6.45, 7) is 4.00. The minimum atomic E-state index is 0.125. The van der Waals surface area contributed by atoms with Crippen LogP contribution in [0.2, 0.25) is 0 Å². The second-order valence-electron chi connectivity index (χ2n) is 6.07. The minimum absolute atomic E-state index is 0.125. The fourth-order valence-electron chi connectivity index (χ4n) is 3.24. The van der Waals surface area contributed by atoms with Crippen molar-refractivity contribution in [2.45, 2.75) is 51.3 Å². The summed E-state index contributed by atoms with van der Waals surface area (Å²) in [7, 11) is 0. The van der Waals surface area contributed by atoms with Gasteiger partial charge in [-0.2, -0.15) is 0 Å². The molecule has 4 nitrogen and oxygen atoms in total. The molecule has 0 saturated carbocycles. The van der Waals surface area contributed by atoms with Gasteiger partial charge < -0.3 is 15.4 Å². The van der Waals surface area contributed by atoms with Gasteiger partial charge in [-0.05, 0) is 57.4 Å². The highest BCUT2D eigenvalue weighted by molar-refractivity contribution is 5.93. The fraction of sp³-hybridized carbons (Fsp3) is 0.562. The fourth-order valence-corrected chi connectivity index (χ4v) is 3.24. The van der Waals surface area contributed by atoms with E-state index in [1.165, 1.54) is 6.42 Å². The maximum atomic E-state index is 12.3. The van der Waals surface area contributed by atoms with Gasteiger partial charge in [0.1, 0.15) is 5.75 Å². The average Bonchev–Trinajstić information content (AvgIpc) is 3.03. The number of nitrogens with one attached hydrogen (secondary N) is 2. The van der Waals surface area contributed by atoms with E-state index in [9.17, 15) is 4.79 Å². The molecule has 1 amide bonds. The predicted molar refractivity (Wildman–Crippen MR) is 78.9 cm³/mol. The van der Waals surface area contributed by atoms with E-state index in [0.29, 0.717) is 12.1 Å². The first-order valence-corrected chi connectivity index (χ1v) is 7.45. The molecule has 2 aliphatic rings. The molecule has 2 N–H and O–H groups in total. The van der Waals surface area contributed by atoms with Crippen LogP contribution in [-0.2, 0) is 4.79 Å². The molecule has 2 bridgehead atoms. The van der Waals surface area contributed by atoms with Crippen LogP contribution in [0.15, 0.2) is 24.3 Å². The number of carbonyl (C=O) groups excluding carboxylic acids is 1. The molecule has 1 aromatic carbocycles. The zero-order valence-electron chi connectivity index (χ0n) is 12.1. The molecule has 3 unspecified atom stereocenters. The minimum Gasteiger partial charge on any atom is -0.491 e. The molecule has 1 aromatic rings. The van der Waals surface area contributed by atoms with E-state index in [4.69, 9.17) is 4.74 Å². The summed E-state index contributed by atoms with van der Waals surface area (Å²) in [5, 5.41) is 6.51. The maximum Gasteiger partial charge on any atom is 0.229 e. The summed E-state index contributed by atoms with van der Waals surface area (Å²) < 4.78 is 5.59. The summed E-state index contributed by atoms with van der Waals surface area (Å²) in [6, 6.07) is 8.52. The van der Waals surface area contributed by atoms with Gasteiger partial charge in [0.25, 0.3) is 0 Å². The van der Waals surface area contributed by atoms with E-state index < -0.39 is 0 Å². The maximum absolute atomic E-state index is 12.3. The zero-order valence-corrected chi connectivity index (χ0v) is 12.1. The second kappa shape index (κ2) is 5.44. The molecule has 20 heavy (non-hydrogen) atoms. The first-order valence-electron chi connectivity index (χ1n) is 7.45. The third-order valence-corrected chi connectivity index (χ3v) is 4.13. The zero-order chi connectivity index (χ0) is 14.1. The van der Waals surface area contributed by atoms with Crippen molar-refractivity contribution in [3.8, 4) is 5.75 Å². The van der Waals surface area contributed by atoms with Crippen LogP contribution in [0.3, 0.4) is 0 Å². The Bertz CT molecular complexity index is 484. The molecule has 2 heterocycles. The molecule has 2 fully saturated rings. The van der Waals surface area contributed by atoms with E-state index in [2.05, 4.69) is 10.6 Å². The third kappa shape index (κ3) is 2.80. The Morgan fingerprint density at radius 3 is 2.60 bits per heavy atom. The van der Waals surface area contributed by atoms with Crippen LogP contribution in [-0.4, -0.2) is 24.1 Å². The first kappa shape index (κ1) is 13.4. The molecule has 0 aromatic heterocycles. The lowest BCUT2D eigenvalue weighted by atomic mass is 9.88. The first-order chi connectivity index (χ1) is 9.61. The lowest BCUT2D eigenvalue weighted by Crippen LogP contribution is -2.32. The number of amides is 1. The number of ether oxygens (including phenoxy) is 1. The highest BCUT2D eigenvalue weighted by Gasteiger charge is 2.42. The van der Waals surface area contributed by atoms with Gasteiger partial charge in [0.2, 0.25) is 5.91 Å². The van der Waals surface area contributed by atoms with Crippen molar-refractivity contribution in [1.29, 1.82) is 0 Å². The van der Waals surface area contributed by atoms with Gasteiger partial charge in [-0.15, -0.1) is 0 Å². The second-order valence-corrected chi connectivity index (χ2v) is 6.07. The Kier molecular flexibility index (Phi) is 3.66. The molecular formula is C16H22N2O2. The summed E-state index contributed by atoms with van der Waals surface area (Å²) in [5.41, 5.74) is 0.842. The molecule has 3 rings (SSSR count). The van der Waals surface area contributed by atoms with E-state index in [1.54, 1.807) is 0 Å². The standard InChI is InChI=1S/C16H22N2O2/c1-10(2)20-13-6-3-11(4-7-13)18-16(19)14-9-12-5-8-15(14)17-12/h3-4,6-7,10,12,14-15,17H,5,8-9H2,1-2H3,(H,18,19). The van der Waals surface area contributed by atoms with Crippen molar-refractivity contribution in [3.05, 3.63) is 24.3 Å². The third-order valence-electron chi connectivity index (χ3n) is 4.13. The topological polar surface area (TPSA) is 50.4 Å². The van der Waals surface area contributed by atoms with Gasteiger partial charge in [0.15, 0.2) is 0 Å². The SMILES string of the molecule is CC(C)Oc1ccc(NC(=O)C2CC3CCC2N3)cc1. The molecular weight excluding hydrogens is 252 g/mol. The number of hydrogen-bond acceptors (Lipinski definition) is 3. The Balaban J connectivity index is 1.59. The van der Waals surface area contributed by atoms with Crippen molar-refractivity contribution in [1.82, 2.24) is 5.32 Å². The summed E-state index contributed by atoms with van der Waals surface area (Å²) >= 11 is 0. The van der Waals surface area contributed by atoms with E-state index in [1.807, 2.05) is 38.1 Å². The van der Waals surface area contributed by atoms with Crippen LogP contribution in [0.4, 0.5) is 5.69 Å². The summed E-state index contributed by atoms with van der Waals surface area (Å²) in [4.78, 5) is 12.3. The quantitative estimate of drug-likeness (QED) is 0.887. The molecule has 2 aliphatic heterocycles. The Labute approximate surface area is 119 Å². The number of carbonyl (C=O) groups is 1. The molecule has 2 saturated heterocycles. The van der Waals surface area contributed by atoms with Crippen LogP contribution in [0.25, 0.3) is 0 Å². The van der Waals surface area contributed by atoms with Crippen molar-refractivity contribution in [2.24, 2.45) is 5.92 Å². The normalized spacial score (nSPS) is 27.9. The Hall–Kier alpha value is -1.55. The van der Waals surface area contributed by atoms with Crippen LogP contribution in [0.1, 0.15) is 33.1 Å². The largest absolute Gasteiger partial charge is 0.491 e. The van der Waals surface area contributed by atoms with Crippen LogP contribution < -0.4 is 15.4 Å². The van der Waals surface area contributed by atoms with Crippen LogP contribution in [0, 0.1) is 5.92 Å². The molecule has 4 heteroatoms. The van der Waals surface area contributed by atoms with Gasteiger partial charge in [-0.3, -0.25) is 4.79 Å². The van der Waals surface area contributed by atoms with Crippen LogP contribution in [0.5, 0.6) is 5.75 Å². The van der Waals surface area contributed by atoms with Crippen molar-refractivity contribution in [2.75, 3.05) is 5.32 Å². The molecule has 0 aliphatic carbocycles. The molecule has 0 spiro atoms. The number of anilines is 1. The number of fused-ring (bicyclic) bond motifs is 2. The monoisotopic (exact) mass is 274 g/mol. The van der Waals surface area contributed by atoms with E-state index in [-0.39, 0.29) is 17.9 Å². The van der Waals surface area contributed by atoms with Crippen molar-refractivity contribution in [3.63, 3.8) is 0 Å². The lowest BCUT2D eigenvalue weighted by Gasteiger charge is -2.19. The average molecular weight is 274 g/mol. The van der Waals surface area contributed by atoms with Gasteiger partial charge >= 0.3 is 0 Å². The molecule has 0 radical (unpaired) electrons. The Morgan fingerprint density at radius 1 is 1.30 bits per heavy atom. The summed E-state index contributed by atoms with van der Waals surface area (Å²) in [5.74, 6) is 1.10. The van der Waals surface area contributed by atoms with Gasteiger partial charge in [-0.25, -0.2) is 0 Å².